The number of ether oxygens (including phenoxy) is 17. The first-order chi connectivity index (χ1) is 49.1. The lowest BCUT2D eigenvalue weighted by Crippen LogP contribution is -2.71. The molecule has 1 unspecified atom stereocenters. The highest BCUT2D eigenvalue weighted by Gasteiger charge is 2.60. The molecule has 9 saturated heterocycles. The van der Waals surface area contributed by atoms with E-state index in [0.717, 1.165) is 13.8 Å². The van der Waals surface area contributed by atoms with Gasteiger partial charge in [0.1, 0.15) is 195 Å². The third-order valence-electron chi connectivity index (χ3n) is 19.8. The molecule has 0 aliphatic carbocycles. The summed E-state index contributed by atoms with van der Waals surface area (Å²) < 4.78 is 102. The number of rotatable bonds is 25. The van der Waals surface area contributed by atoms with Crippen molar-refractivity contribution in [1.29, 1.82) is 0 Å². The number of hydrogen-bond acceptors (Lipinski definition) is 43. The van der Waals surface area contributed by atoms with E-state index < -0.39 is 334 Å². The van der Waals surface area contributed by atoms with Crippen molar-refractivity contribution in [2.75, 3.05) is 46.2 Å². The second kappa shape index (κ2) is 36.6. The van der Waals surface area contributed by atoms with Gasteiger partial charge >= 0.3 is 0 Å². The van der Waals surface area contributed by atoms with Crippen molar-refractivity contribution in [3.8, 4) is 0 Å². The number of carbonyl (C=O) groups excluding carboxylic acids is 2. The Labute approximate surface area is 590 Å². The van der Waals surface area contributed by atoms with E-state index in [1.165, 1.54) is 20.8 Å². The van der Waals surface area contributed by atoms with Crippen molar-refractivity contribution in [2.24, 2.45) is 5.92 Å². The summed E-state index contributed by atoms with van der Waals surface area (Å²) in [5.41, 5.74) is 0. The van der Waals surface area contributed by atoms with Gasteiger partial charge in [0.05, 0.1) is 64.6 Å². The van der Waals surface area contributed by atoms with Crippen molar-refractivity contribution in [2.45, 2.75) is 305 Å². The van der Waals surface area contributed by atoms with Gasteiger partial charge in [-0.1, -0.05) is 6.92 Å². The van der Waals surface area contributed by atoms with Crippen molar-refractivity contribution >= 4 is 11.8 Å². The Kier molecular flexibility index (Phi) is 30.1. The van der Waals surface area contributed by atoms with Gasteiger partial charge in [-0.15, -0.1) is 0 Å². The number of hydrogen-bond donors (Lipinski definition) is 26. The molecule has 604 valence electrons. The average Bonchev–Trinajstić information content (AvgIpc) is 0.761. The molecule has 104 heavy (non-hydrogen) atoms. The van der Waals surface area contributed by atoms with E-state index in [0.29, 0.717) is 0 Å². The fourth-order valence-electron chi connectivity index (χ4n) is 13.5. The molecule has 9 heterocycles. The Morgan fingerprint density at radius 3 is 1.12 bits per heavy atom. The third-order valence-corrected chi connectivity index (χ3v) is 19.8. The van der Waals surface area contributed by atoms with E-state index in [-0.39, 0.29) is 0 Å². The highest BCUT2D eigenvalue weighted by Crippen LogP contribution is 2.40. The van der Waals surface area contributed by atoms with E-state index in [9.17, 15) is 132 Å². The number of carbonyl (C=O) groups is 2. The topological polar surface area (TPSA) is 701 Å². The molecule has 45 nitrogen and oxygen atoms in total. The van der Waals surface area contributed by atoms with Crippen LogP contribution in [0.25, 0.3) is 0 Å². The largest absolute Gasteiger partial charge is 0.394 e. The summed E-state index contributed by atoms with van der Waals surface area (Å²) in [7, 11) is 0. The summed E-state index contributed by atoms with van der Waals surface area (Å²) in [6.45, 7) is -1.28. The second-order valence-corrected chi connectivity index (χ2v) is 27.1. The third kappa shape index (κ3) is 18.4. The second-order valence-electron chi connectivity index (χ2n) is 27.1. The van der Waals surface area contributed by atoms with Crippen molar-refractivity contribution in [1.82, 2.24) is 10.6 Å². The Bertz CT molecular complexity index is 2670. The first kappa shape index (κ1) is 85.3. The van der Waals surface area contributed by atoms with Gasteiger partial charge in [-0.2, -0.15) is 0 Å². The molecule has 0 spiro atoms. The summed E-state index contributed by atoms with van der Waals surface area (Å²) in [6.07, 6.45) is -84.1. The number of amides is 2. The highest BCUT2D eigenvalue weighted by molar-refractivity contribution is 5.73. The standard InChI is InChI=1S/C59H100N2O43/c1-13-27(68)28(69)14(2)91-52(13)103-49-41(82)33(74)22(10-88-54-42(83)38(79)30(71)18(6-62)94-54)98-58(49)90-12-24-35(76)48(102-57-45(86)40(81)32(73)20(8-64)96-57)50(104-56-44(85)37(78)29(70)15(3)92-56)59(99-24)101-47-26(61-17(5)67)53(100-46-21(9-65)93-51(87)25(36(46)77)60-16(4)66)97-23(34(47)75)11-89-55-43(84)39(80)31(72)19(7-63)95-55/h13-15,18-59,62-65,68-87H,6-12H2,1-5H3,(H,60,66)(H,61,67)/t13-,14-,15-,18+,19+,20+,21+,22+,23+,24+,25+,26+,27-,28+,29+,30-,31+,32-,33-,34-,35-,36+,37+,38-,39-,40-,41-,42+,43+,44-,45+,46+,47+,48-,49+,50+,51?,52-,53-,54+,55+,56-,57-,58+,59-/m0/s1. The summed E-state index contributed by atoms with van der Waals surface area (Å²) >= 11 is 0. The van der Waals surface area contributed by atoms with Gasteiger partial charge in [-0.05, 0) is 13.8 Å². The summed E-state index contributed by atoms with van der Waals surface area (Å²) in [6, 6.07) is -3.81. The lowest BCUT2D eigenvalue weighted by Gasteiger charge is -2.52. The molecule has 9 aliphatic heterocycles. The van der Waals surface area contributed by atoms with Crippen LogP contribution in [0, 0.1) is 5.92 Å². The Hall–Kier alpha value is -2.70. The monoisotopic (exact) mass is 1520 g/mol. The Morgan fingerprint density at radius 2 is 0.625 bits per heavy atom. The molecular formula is C59H100N2O43. The molecule has 9 rings (SSSR count). The van der Waals surface area contributed by atoms with Crippen molar-refractivity contribution < 1.29 is 213 Å². The maximum absolute atomic E-state index is 13.6. The highest BCUT2D eigenvalue weighted by atomic mass is 16.8. The average molecular weight is 1530 g/mol. The van der Waals surface area contributed by atoms with Crippen LogP contribution in [0.4, 0.5) is 0 Å². The summed E-state index contributed by atoms with van der Waals surface area (Å²) in [5.74, 6) is -2.99. The summed E-state index contributed by atoms with van der Waals surface area (Å²) in [4.78, 5) is 26.0. The van der Waals surface area contributed by atoms with Crippen LogP contribution in [0.15, 0.2) is 0 Å². The smallest absolute Gasteiger partial charge is 0.217 e. The van der Waals surface area contributed by atoms with Gasteiger partial charge in [0, 0.05) is 19.8 Å². The van der Waals surface area contributed by atoms with Crippen molar-refractivity contribution in [3.63, 3.8) is 0 Å². The number of aliphatic hydroxyl groups excluding tert-OH is 24. The Balaban J connectivity index is 1.14. The van der Waals surface area contributed by atoms with Crippen LogP contribution in [-0.2, 0) is 90.1 Å². The molecule has 0 aromatic rings. The predicted molar refractivity (Wildman–Crippen MR) is 321 cm³/mol. The van der Waals surface area contributed by atoms with Gasteiger partial charge in [0.25, 0.3) is 0 Å². The zero-order chi connectivity index (χ0) is 76.5. The minimum absolute atomic E-state index is 0.830. The van der Waals surface area contributed by atoms with Crippen LogP contribution >= 0.6 is 0 Å². The van der Waals surface area contributed by atoms with Crippen LogP contribution in [0.3, 0.4) is 0 Å². The van der Waals surface area contributed by atoms with Gasteiger partial charge in [0.15, 0.2) is 56.6 Å². The molecule has 0 aromatic heterocycles. The first-order valence-corrected chi connectivity index (χ1v) is 33.7. The van der Waals surface area contributed by atoms with E-state index in [4.69, 9.17) is 80.5 Å². The SMILES string of the molecule is CC(=O)N[C@H]1[C@H](O[C@H]2[C@H](O)[C@@H](NC(C)=O)C(O)O[C@@H]2CO)O[C@H](CO[C@@H]2O[C@H](CO)[C@@H](O)[C@H](O)[C@H]2O)[C@H](O)[C@@H]1O[C@@H]1O[C@H](CO[C@@H]2O[C@H](CO[C@@H]3O[C@H](CO)[C@H](O)[C@H](O)[C@H]3O)[C@H](O)[C@H](O)[C@H]2O[C@@H]2O[C@@H](C)[C@@H](O)[C@@H](O)[C@@H]2C)[C@H](O)[C@H](O[C@@H]2O[C@H](CO)[C@H](O)[C@H](O)[C@H]2O)[C@H]1O[C@@H]1O[C@@H](C)[C@@H](O)[C@@H](O)[C@@H]1O. The predicted octanol–water partition coefficient (Wildman–Crippen LogP) is -17.0. The number of nitrogens with one attached hydrogen (secondary N) is 2. The van der Waals surface area contributed by atoms with Gasteiger partial charge in [-0.25, -0.2) is 0 Å². The van der Waals surface area contributed by atoms with E-state index in [1.807, 2.05) is 0 Å². The maximum atomic E-state index is 13.6. The summed E-state index contributed by atoms with van der Waals surface area (Å²) in [5, 5.41) is 270. The van der Waals surface area contributed by atoms with Crippen LogP contribution in [0.5, 0.6) is 0 Å². The van der Waals surface area contributed by atoms with Gasteiger partial charge < -0.3 is 214 Å². The van der Waals surface area contributed by atoms with E-state index >= 15 is 0 Å². The van der Waals surface area contributed by atoms with Crippen LogP contribution in [0.2, 0.25) is 0 Å². The molecule has 2 amide bonds. The zero-order valence-corrected chi connectivity index (χ0v) is 56.4. The fraction of sp³-hybridized carbons (Fsp3) is 0.966. The van der Waals surface area contributed by atoms with Crippen molar-refractivity contribution in [3.05, 3.63) is 0 Å². The quantitative estimate of drug-likeness (QED) is 0.0404. The van der Waals surface area contributed by atoms with E-state index in [2.05, 4.69) is 10.6 Å². The lowest BCUT2D eigenvalue weighted by atomic mass is 9.92. The molecule has 26 N–H and O–H groups in total. The van der Waals surface area contributed by atoms with Crippen LogP contribution < -0.4 is 10.6 Å². The fourth-order valence-corrected chi connectivity index (χ4v) is 13.5. The molecule has 0 saturated carbocycles. The molecular weight excluding hydrogens is 1420 g/mol. The molecule has 0 aromatic carbocycles. The number of aliphatic hydroxyl groups is 24. The van der Waals surface area contributed by atoms with Gasteiger partial charge in [-0.3, -0.25) is 9.59 Å². The first-order valence-electron chi connectivity index (χ1n) is 33.7. The normalized spacial score (nSPS) is 51.9. The molecule has 45 atom stereocenters. The molecule has 0 bridgehead atoms. The minimum Gasteiger partial charge on any atom is -0.394 e. The molecule has 9 aliphatic rings. The van der Waals surface area contributed by atoms with Crippen LogP contribution in [-0.4, -0.2) is 451 Å². The minimum atomic E-state index is -2.51. The molecule has 0 radical (unpaired) electrons. The lowest BCUT2D eigenvalue weighted by molar-refractivity contribution is -0.407. The maximum Gasteiger partial charge on any atom is 0.217 e. The van der Waals surface area contributed by atoms with Crippen LogP contribution in [0.1, 0.15) is 34.6 Å². The Morgan fingerprint density at radius 1 is 0.279 bits per heavy atom. The van der Waals surface area contributed by atoms with Gasteiger partial charge in [0.2, 0.25) is 11.8 Å². The molecule has 45 heteroatoms. The van der Waals surface area contributed by atoms with E-state index in [1.54, 1.807) is 0 Å². The molecule has 9 fully saturated rings. The zero-order valence-electron chi connectivity index (χ0n) is 56.4.